The Kier molecular flexibility index (Phi) is 3.10. The van der Waals surface area contributed by atoms with Gasteiger partial charge in [0.05, 0.1) is 11.9 Å². The summed E-state index contributed by atoms with van der Waals surface area (Å²) in [6, 6.07) is 3.02. The third kappa shape index (κ3) is 2.07. The number of aryl methyl sites for hydroxylation is 2. The Hall–Kier alpha value is -2.04. The number of carbonyl (C=O) groups excluding carboxylic acids is 1. The van der Waals surface area contributed by atoms with E-state index in [-0.39, 0.29) is 5.91 Å². The summed E-state index contributed by atoms with van der Waals surface area (Å²) in [5.41, 5.74) is 0.732. The van der Waals surface area contributed by atoms with E-state index in [1.54, 1.807) is 0 Å². The van der Waals surface area contributed by atoms with Crippen molar-refractivity contribution < 1.29 is 9.21 Å². The monoisotopic (exact) mass is 299 g/mol. The molecule has 0 spiro atoms. The van der Waals surface area contributed by atoms with Crippen LogP contribution in [0.5, 0.6) is 0 Å². The maximum atomic E-state index is 12.9. The van der Waals surface area contributed by atoms with E-state index in [1.165, 1.54) is 0 Å². The van der Waals surface area contributed by atoms with Gasteiger partial charge < -0.3 is 13.9 Å². The second-order valence-corrected chi connectivity index (χ2v) is 6.56. The number of piperidine rings is 1. The van der Waals surface area contributed by atoms with Crippen LogP contribution in [0.2, 0.25) is 0 Å². The summed E-state index contributed by atoms with van der Waals surface area (Å²) >= 11 is 0. The number of rotatable bonds is 2. The van der Waals surface area contributed by atoms with E-state index in [1.807, 2.05) is 38.6 Å². The van der Waals surface area contributed by atoms with Gasteiger partial charge in [0.15, 0.2) is 0 Å². The normalized spacial score (nSPS) is 27.4. The molecule has 0 aliphatic carbocycles. The zero-order valence-electron chi connectivity index (χ0n) is 13.0. The zero-order chi connectivity index (χ0) is 15.3. The van der Waals surface area contributed by atoms with Gasteiger partial charge in [0.2, 0.25) is 0 Å². The number of hydrogen-bond donors (Lipinski definition) is 0. The molecule has 1 amide bonds. The average molecular weight is 299 g/mol. The van der Waals surface area contributed by atoms with Gasteiger partial charge in [0.25, 0.3) is 5.91 Å². The summed E-state index contributed by atoms with van der Waals surface area (Å²) < 4.78 is 7.73. The highest BCUT2D eigenvalue weighted by molar-refractivity contribution is 5.96. The van der Waals surface area contributed by atoms with Crippen LogP contribution in [-0.4, -0.2) is 32.4 Å². The van der Waals surface area contributed by atoms with Crippen molar-refractivity contribution in [3.63, 3.8) is 0 Å². The van der Waals surface area contributed by atoms with E-state index in [4.69, 9.17) is 4.42 Å². The molecule has 2 fully saturated rings. The van der Waals surface area contributed by atoms with Crippen LogP contribution in [0.15, 0.2) is 29.2 Å². The Balaban J connectivity index is 1.58. The molecule has 2 atom stereocenters. The molecule has 2 aliphatic heterocycles. The molecular formula is C17H21N3O2. The first-order valence-corrected chi connectivity index (χ1v) is 8.00. The van der Waals surface area contributed by atoms with Crippen molar-refractivity contribution in [1.29, 1.82) is 0 Å². The molecule has 2 aliphatic rings. The van der Waals surface area contributed by atoms with Gasteiger partial charge >= 0.3 is 0 Å². The number of nitrogens with zero attached hydrogens (tertiary/aromatic N) is 3. The summed E-state index contributed by atoms with van der Waals surface area (Å²) in [7, 11) is 0. The first kappa shape index (κ1) is 13.6. The number of furan rings is 1. The topological polar surface area (TPSA) is 51.3 Å². The van der Waals surface area contributed by atoms with Gasteiger partial charge in [-0.25, -0.2) is 4.98 Å². The van der Waals surface area contributed by atoms with Crippen molar-refractivity contribution in [2.75, 3.05) is 0 Å². The maximum Gasteiger partial charge on any atom is 0.257 e. The molecule has 116 valence electrons. The molecule has 0 aromatic carbocycles. The number of amides is 1. The maximum absolute atomic E-state index is 12.9. The van der Waals surface area contributed by atoms with Crippen LogP contribution in [-0.2, 0) is 0 Å². The van der Waals surface area contributed by atoms with Crippen LogP contribution in [0.25, 0.3) is 0 Å². The predicted octanol–water partition coefficient (Wildman–Crippen LogP) is 3.10. The van der Waals surface area contributed by atoms with E-state index >= 15 is 0 Å². The summed E-state index contributed by atoms with van der Waals surface area (Å²) in [5, 5.41) is 0. The van der Waals surface area contributed by atoms with Crippen LogP contribution in [0.3, 0.4) is 0 Å². The van der Waals surface area contributed by atoms with Gasteiger partial charge in [0, 0.05) is 30.5 Å². The Morgan fingerprint density at radius 2 is 1.95 bits per heavy atom. The molecule has 4 heterocycles. The highest BCUT2D eigenvalue weighted by Gasteiger charge is 2.44. The van der Waals surface area contributed by atoms with Gasteiger partial charge in [-0.05, 0) is 45.6 Å². The van der Waals surface area contributed by atoms with Crippen LogP contribution in [0.4, 0.5) is 0 Å². The van der Waals surface area contributed by atoms with Gasteiger partial charge in [0.1, 0.15) is 11.5 Å². The molecule has 0 saturated carbocycles. The van der Waals surface area contributed by atoms with Gasteiger partial charge in [-0.2, -0.15) is 0 Å². The SMILES string of the molecule is Cc1cc(C(=O)N2C3CCC2CC(n2ccnc2)C3)c(C)o1. The first-order valence-electron chi connectivity index (χ1n) is 8.00. The highest BCUT2D eigenvalue weighted by Crippen LogP contribution is 2.41. The molecule has 2 saturated heterocycles. The van der Waals surface area contributed by atoms with Crippen LogP contribution in [0, 0.1) is 13.8 Å². The van der Waals surface area contributed by atoms with Gasteiger partial charge in [-0.3, -0.25) is 4.79 Å². The number of carbonyl (C=O) groups is 1. The lowest BCUT2D eigenvalue weighted by molar-refractivity contribution is 0.0531. The summed E-state index contributed by atoms with van der Waals surface area (Å²) in [5.74, 6) is 1.69. The second kappa shape index (κ2) is 5.00. The van der Waals surface area contributed by atoms with Crippen LogP contribution < -0.4 is 0 Å². The van der Waals surface area contributed by atoms with Crippen molar-refractivity contribution in [1.82, 2.24) is 14.5 Å². The third-order valence-electron chi connectivity index (χ3n) is 5.16. The molecule has 2 unspecified atom stereocenters. The quantitative estimate of drug-likeness (QED) is 0.856. The molecule has 0 N–H and O–H groups in total. The standard InChI is InChI=1S/C17H21N3O2/c1-11-7-16(12(2)22-11)17(21)20-13-3-4-14(20)9-15(8-13)19-6-5-18-10-19/h5-7,10,13-15H,3-4,8-9H2,1-2H3. The molecule has 22 heavy (non-hydrogen) atoms. The highest BCUT2D eigenvalue weighted by atomic mass is 16.3. The number of aromatic nitrogens is 2. The fourth-order valence-corrected chi connectivity index (χ4v) is 4.19. The van der Waals surface area contributed by atoms with Crippen LogP contribution in [0.1, 0.15) is 53.6 Å². The lowest BCUT2D eigenvalue weighted by Gasteiger charge is -2.39. The van der Waals surface area contributed by atoms with E-state index in [2.05, 4.69) is 14.5 Å². The van der Waals surface area contributed by atoms with Gasteiger partial charge in [-0.1, -0.05) is 0 Å². The predicted molar refractivity (Wildman–Crippen MR) is 81.7 cm³/mol. The molecule has 4 rings (SSSR count). The summed E-state index contributed by atoms with van der Waals surface area (Å²) in [6.07, 6.45) is 10.0. The molecule has 2 aromatic rings. The Labute approximate surface area is 129 Å². The Morgan fingerprint density at radius 1 is 1.23 bits per heavy atom. The third-order valence-corrected chi connectivity index (χ3v) is 5.16. The summed E-state index contributed by atoms with van der Waals surface area (Å²) in [6.45, 7) is 3.77. The minimum absolute atomic E-state index is 0.144. The van der Waals surface area contributed by atoms with E-state index in [0.29, 0.717) is 18.1 Å². The lowest BCUT2D eigenvalue weighted by atomic mass is 9.96. The fourth-order valence-electron chi connectivity index (χ4n) is 4.19. The number of imidazole rings is 1. The van der Waals surface area contributed by atoms with E-state index in [0.717, 1.165) is 42.8 Å². The van der Waals surface area contributed by atoms with Gasteiger partial charge in [-0.15, -0.1) is 0 Å². The summed E-state index contributed by atoms with van der Waals surface area (Å²) in [4.78, 5) is 19.2. The molecule has 2 bridgehead atoms. The van der Waals surface area contributed by atoms with E-state index < -0.39 is 0 Å². The fraction of sp³-hybridized carbons (Fsp3) is 0.529. The molecular weight excluding hydrogens is 278 g/mol. The van der Waals surface area contributed by atoms with Crippen LogP contribution >= 0.6 is 0 Å². The minimum atomic E-state index is 0.144. The van der Waals surface area contributed by atoms with Crippen molar-refractivity contribution in [3.8, 4) is 0 Å². The van der Waals surface area contributed by atoms with Crippen molar-refractivity contribution >= 4 is 5.91 Å². The number of fused-ring (bicyclic) bond motifs is 2. The molecule has 2 aromatic heterocycles. The Bertz CT molecular complexity index is 675. The largest absolute Gasteiger partial charge is 0.466 e. The number of hydrogen-bond acceptors (Lipinski definition) is 3. The van der Waals surface area contributed by atoms with Crippen molar-refractivity contribution in [2.45, 2.75) is 57.7 Å². The average Bonchev–Trinajstić information content (AvgIpc) is 3.18. The lowest BCUT2D eigenvalue weighted by Crippen LogP contribution is -2.46. The zero-order valence-corrected chi connectivity index (χ0v) is 13.0. The smallest absolute Gasteiger partial charge is 0.257 e. The molecule has 5 nitrogen and oxygen atoms in total. The van der Waals surface area contributed by atoms with Crippen molar-refractivity contribution in [3.05, 3.63) is 41.9 Å². The molecule has 5 heteroatoms. The molecule has 0 radical (unpaired) electrons. The van der Waals surface area contributed by atoms with E-state index in [9.17, 15) is 4.79 Å². The second-order valence-electron chi connectivity index (χ2n) is 6.56. The van der Waals surface area contributed by atoms with Crippen molar-refractivity contribution in [2.24, 2.45) is 0 Å². The Morgan fingerprint density at radius 3 is 2.50 bits per heavy atom. The first-order chi connectivity index (χ1) is 10.6. The minimum Gasteiger partial charge on any atom is -0.466 e.